The van der Waals surface area contributed by atoms with E-state index in [-0.39, 0.29) is 45.7 Å². The van der Waals surface area contributed by atoms with E-state index < -0.39 is 35.2 Å². The van der Waals surface area contributed by atoms with E-state index in [1.54, 1.807) is 88.0 Å². The van der Waals surface area contributed by atoms with Crippen LogP contribution in [0.5, 0.6) is 0 Å². The van der Waals surface area contributed by atoms with Crippen LogP contribution in [0.25, 0.3) is 84.5 Å². The quantitative estimate of drug-likeness (QED) is 0.156. The maximum Gasteiger partial charge on any atom is 0.416 e. The monoisotopic (exact) mass is 859 g/mol. The van der Waals surface area contributed by atoms with Crippen molar-refractivity contribution < 1.29 is 39.5 Å². The topological polar surface area (TPSA) is 66.3 Å². The fraction of sp³-hybridized carbons (Fsp3) is 0.0638. The van der Waals surface area contributed by atoms with Crippen molar-refractivity contribution in [3.05, 3.63) is 175 Å². The lowest BCUT2D eigenvalue weighted by Gasteiger charge is -2.17. The lowest BCUT2D eigenvalue weighted by atomic mass is 10.0. The Hall–Kier alpha value is -7.75. The van der Waals surface area contributed by atoms with E-state index >= 15 is 0 Å². The highest BCUT2D eigenvalue weighted by atomic mass is 19.4. The van der Waals surface area contributed by atoms with Gasteiger partial charge in [0.2, 0.25) is 0 Å². The number of hydrogen-bond donors (Lipinski definition) is 0. The molecule has 0 aliphatic heterocycles. The van der Waals surface area contributed by atoms with Gasteiger partial charge in [0.15, 0.2) is 5.65 Å². The minimum Gasteiger partial charge on any atom is -0.292 e. The molecule has 0 spiro atoms. The molecule has 0 saturated carbocycles. The molecule has 63 heavy (non-hydrogen) atoms. The summed E-state index contributed by atoms with van der Waals surface area (Å²) in [5.41, 5.74) is 0.748. The van der Waals surface area contributed by atoms with Crippen molar-refractivity contribution in [2.24, 2.45) is 0 Å². The van der Waals surface area contributed by atoms with Gasteiger partial charge in [-0.05, 0) is 109 Å². The second-order valence-electron chi connectivity index (χ2n) is 14.6. The number of alkyl halides is 9. The minimum atomic E-state index is -4.70. The van der Waals surface area contributed by atoms with E-state index in [1.807, 2.05) is 0 Å². The highest BCUT2D eigenvalue weighted by Crippen LogP contribution is 2.41. The van der Waals surface area contributed by atoms with Crippen LogP contribution < -0.4 is 0 Å². The van der Waals surface area contributed by atoms with E-state index in [0.717, 1.165) is 36.4 Å². The Kier molecular flexibility index (Phi) is 9.02. The normalized spacial score (nSPS) is 12.5. The lowest BCUT2D eigenvalue weighted by Crippen LogP contribution is -2.07. The Morgan fingerprint density at radius 1 is 0.349 bits per heavy atom. The van der Waals surface area contributed by atoms with Crippen LogP contribution in [0.4, 0.5) is 39.5 Å². The molecule has 7 nitrogen and oxygen atoms in total. The first-order valence-electron chi connectivity index (χ1n) is 19.1. The second kappa shape index (κ2) is 14.4. The number of aromatic nitrogens is 7. The van der Waals surface area contributed by atoms with Crippen LogP contribution >= 0.6 is 0 Å². The molecule has 0 bridgehead atoms. The number of fused-ring (bicyclic) bond motifs is 3. The summed E-state index contributed by atoms with van der Waals surface area (Å²) in [6.07, 6.45) is -12.6. The van der Waals surface area contributed by atoms with Crippen molar-refractivity contribution in [3.63, 3.8) is 0 Å². The van der Waals surface area contributed by atoms with Crippen LogP contribution in [0.15, 0.2) is 158 Å². The Labute approximate surface area is 350 Å². The summed E-state index contributed by atoms with van der Waals surface area (Å²) in [6.45, 7) is 0. The predicted octanol–water partition coefficient (Wildman–Crippen LogP) is 13.2. The van der Waals surface area contributed by atoms with Crippen LogP contribution in [0.3, 0.4) is 0 Å². The van der Waals surface area contributed by atoms with E-state index in [9.17, 15) is 39.5 Å². The van der Waals surface area contributed by atoms with Gasteiger partial charge in [0.05, 0.1) is 38.8 Å². The van der Waals surface area contributed by atoms with E-state index in [0.29, 0.717) is 38.7 Å². The minimum absolute atomic E-state index is 0.0698. The summed E-state index contributed by atoms with van der Waals surface area (Å²) in [5, 5.41) is 0. The fourth-order valence-corrected chi connectivity index (χ4v) is 7.79. The highest BCUT2D eigenvalue weighted by Gasteiger charge is 2.33. The molecule has 312 valence electrons. The predicted molar refractivity (Wildman–Crippen MR) is 219 cm³/mol. The summed E-state index contributed by atoms with van der Waals surface area (Å²) in [5.74, 6) is 0.454. The van der Waals surface area contributed by atoms with Crippen LogP contribution in [-0.4, -0.2) is 33.6 Å². The Morgan fingerprint density at radius 3 is 1.14 bits per heavy atom. The maximum absolute atomic E-state index is 14.2. The number of nitrogens with zero attached hydrogens (tertiary/aromatic N) is 7. The van der Waals surface area contributed by atoms with E-state index in [2.05, 4.69) is 4.98 Å². The number of imidazole rings is 3. The third-order valence-electron chi connectivity index (χ3n) is 10.5. The number of rotatable bonds is 6. The number of hydrogen-bond acceptors (Lipinski definition) is 4. The van der Waals surface area contributed by atoms with Crippen molar-refractivity contribution in [2.75, 3.05) is 0 Å². The first kappa shape index (κ1) is 39.4. The molecule has 4 aromatic heterocycles. The average Bonchev–Trinajstić information content (AvgIpc) is 3.98. The molecule has 0 fully saturated rings. The molecule has 4 heterocycles. The van der Waals surface area contributed by atoms with Crippen LogP contribution in [0.1, 0.15) is 16.7 Å². The Balaban J connectivity index is 1.31. The lowest BCUT2D eigenvalue weighted by molar-refractivity contribution is -0.138. The van der Waals surface area contributed by atoms with Gasteiger partial charge in [-0.3, -0.25) is 13.7 Å². The summed E-state index contributed by atoms with van der Waals surface area (Å²) in [6, 6.07) is 35.9. The second-order valence-corrected chi connectivity index (χ2v) is 14.6. The molecule has 0 N–H and O–H groups in total. The van der Waals surface area contributed by atoms with Gasteiger partial charge in [0, 0.05) is 39.9 Å². The summed E-state index contributed by atoms with van der Waals surface area (Å²) in [4.78, 5) is 19.2. The molecule has 10 rings (SSSR count). The molecular weight excluding hydrogens is 834 g/mol. The average molecular weight is 860 g/mol. The largest absolute Gasteiger partial charge is 0.416 e. The SMILES string of the molecule is FC(F)(F)c1cccc(-n2c(-c3cc(-c4nc5ccccc5n4-c4cccc(C(F)(F)F)c4)cc(-c4nc5cccnc5n4-c4cccc(C(F)(F)F)c4)c3)nc3ccccc32)c1. The number of halogens is 9. The van der Waals surface area contributed by atoms with Crippen molar-refractivity contribution in [2.45, 2.75) is 18.5 Å². The van der Waals surface area contributed by atoms with Crippen LogP contribution in [0, 0.1) is 0 Å². The standard InChI is InChI=1S/C47H26F9N7/c48-45(49,50)30-9-5-12-33(24-30)61-39-18-3-1-15-36(39)58-41(61)27-21-28(42-59-37-16-2-4-19-40(37)62(42)34-13-6-10-31(25-34)46(51,52)53)23-29(22-27)43-60-38-17-8-20-57-44(38)63(43)35-14-7-11-32(26-35)47(54,55)56/h1-26H. The first-order valence-corrected chi connectivity index (χ1v) is 19.1. The maximum atomic E-state index is 14.2. The highest BCUT2D eigenvalue weighted by molar-refractivity contribution is 5.89. The molecule has 0 radical (unpaired) electrons. The third-order valence-corrected chi connectivity index (χ3v) is 10.5. The molecule has 0 atom stereocenters. The Bertz CT molecular complexity index is 3020. The van der Waals surface area contributed by atoms with Gasteiger partial charge in [0.25, 0.3) is 0 Å². The third kappa shape index (κ3) is 7.02. The zero-order chi connectivity index (χ0) is 43.8. The zero-order valence-corrected chi connectivity index (χ0v) is 32.0. The zero-order valence-electron chi connectivity index (χ0n) is 32.0. The number of para-hydroxylation sites is 4. The van der Waals surface area contributed by atoms with Gasteiger partial charge in [-0.2, -0.15) is 39.5 Å². The molecular formula is C47H26F9N7. The summed E-state index contributed by atoms with van der Waals surface area (Å²) in [7, 11) is 0. The summed E-state index contributed by atoms with van der Waals surface area (Å²) >= 11 is 0. The fourth-order valence-electron chi connectivity index (χ4n) is 7.79. The van der Waals surface area contributed by atoms with Crippen molar-refractivity contribution >= 4 is 33.2 Å². The smallest absolute Gasteiger partial charge is 0.292 e. The van der Waals surface area contributed by atoms with Gasteiger partial charge < -0.3 is 0 Å². The van der Waals surface area contributed by atoms with Crippen molar-refractivity contribution in [1.82, 2.24) is 33.6 Å². The Morgan fingerprint density at radius 2 is 0.714 bits per heavy atom. The van der Waals surface area contributed by atoms with Gasteiger partial charge >= 0.3 is 18.5 Å². The first-order chi connectivity index (χ1) is 30.1. The van der Waals surface area contributed by atoms with Gasteiger partial charge in [-0.1, -0.05) is 42.5 Å². The molecule has 10 aromatic rings. The molecule has 16 heteroatoms. The number of benzene rings is 6. The van der Waals surface area contributed by atoms with Crippen molar-refractivity contribution in [1.29, 1.82) is 0 Å². The number of pyridine rings is 1. The van der Waals surface area contributed by atoms with Crippen molar-refractivity contribution in [3.8, 4) is 51.2 Å². The molecule has 0 aliphatic carbocycles. The van der Waals surface area contributed by atoms with Gasteiger partial charge in [-0.15, -0.1) is 0 Å². The molecule has 0 unspecified atom stereocenters. The molecule has 0 aliphatic rings. The molecule has 0 saturated heterocycles. The summed E-state index contributed by atoms with van der Waals surface area (Å²) < 4.78 is 132. The van der Waals surface area contributed by atoms with Crippen LogP contribution in [0.2, 0.25) is 0 Å². The van der Waals surface area contributed by atoms with Gasteiger partial charge in [0.1, 0.15) is 23.0 Å². The van der Waals surface area contributed by atoms with E-state index in [1.165, 1.54) is 47.2 Å². The van der Waals surface area contributed by atoms with E-state index in [4.69, 9.17) is 15.0 Å². The molecule has 6 aromatic carbocycles. The van der Waals surface area contributed by atoms with Gasteiger partial charge in [-0.25, -0.2) is 19.9 Å². The van der Waals surface area contributed by atoms with Crippen LogP contribution in [-0.2, 0) is 18.5 Å². The molecule has 0 amide bonds.